The van der Waals surface area contributed by atoms with Gasteiger partial charge in [0.1, 0.15) is 17.2 Å². The number of amides is 2. The number of nitrogens with zero attached hydrogens (tertiary/aromatic N) is 3. The molecule has 2 heterocycles. The Bertz CT molecular complexity index is 1370. The number of piperazine rings is 1. The zero-order valence-corrected chi connectivity index (χ0v) is 24.1. The summed E-state index contributed by atoms with van der Waals surface area (Å²) in [6.45, 7) is 6.33. The minimum Gasteiger partial charge on any atom is -0.494 e. The van der Waals surface area contributed by atoms with Crippen LogP contribution in [0.1, 0.15) is 24.8 Å². The van der Waals surface area contributed by atoms with E-state index in [4.69, 9.17) is 15.2 Å². The summed E-state index contributed by atoms with van der Waals surface area (Å²) >= 11 is 0.932. The highest BCUT2D eigenvalue weighted by atomic mass is 32.2. The van der Waals surface area contributed by atoms with Crippen LogP contribution in [0.2, 0.25) is 0 Å². The predicted octanol–water partition coefficient (Wildman–Crippen LogP) is 6.10. The number of thioether (sulfide) groups is 1. The lowest BCUT2D eigenvalue weighted by molar-refractivity contribution is -0.113. The number of imide groups is 1. The van der Waals surface area contributed by atoms with E-state index in [0.29, 0.717) is 40.1 Å². The van der Waals surface area contributed by atoms with E-state index < -0.39 is 0 Å². The molecule has 9 heteroatoms. The first-order valence-corrected chi connectivity index (χ1v) is 14.8. The van der Waals surface area contributed by atoms with Gasteiger partial charge in [0.2, 0.25) is 0 Å². The number of unbranched alkanes of at least 4 members (excludes halogenated alkanes) is 2. The van der Waals surface area contributed by atoms with E-state index >= 15 is 0 Å². The summed E-state index contributed by atoms with van der Waals surface area (Å²) in [4.78, 5) is 32.5. The minimum absolute atomic E-state index is 0.328. The number of ether oxygens (including phenoxy) is 2. The van der Waals surface area contributed by atoms with Gasteiger partial charge in [0, 0.05) is 37.9 Å². The summed E-state index contributed by atoms with van der Waals surface area (Å²) in [5.74, 6) is 1.65. The number of hydrogen-bond donors (Lipinski definition) is 1. The topological polar surface area (TPSA) is 88.3 Å². The number of carbonyl (C=O) groups is 2. The van der Waals surface area contributed by atoms with Gasteiger partial charge in [0.25, 0.3) is 11.1 Å². The molecule has 3 aromatic rings. The molecule has 2 N–H and O–H groups in total. The molecule has 2 aliphatic heterocycles. The van der Waals surface area contributed by atoms with E-state index in [2.05, 4.69) is 16.8 Å². The van der Waals surface area contributed by atoms with E-state index in [1.165, 1.54) is 4.90 Å². The first-order chi connectivity index (χ1) is 19.9. The number of anilines is 2. The largest absolute Gasteiger partial charge is 0.494 e. The smallest absolute Gasteiger partial charge is 0.298 e. The van der Waals surface area contributed by atoms with Crippen molar-refractivity contribution in [3.8, 4) is 17.2 Å². The third kappa shape index (κ3) is 7.91. The molecule has 0 bridgehead atoms. The van der Waals surface area contributed by atoms with Gasteiger partial charge in [-0.3, -0.25) is 9.59 Å². The van der Waals surface area contributed by atoms with Crippen LogP contribution in [0.5, 0.6) is 17.2 Å². The Morgan fingerprint density at radius 1 is 0.854 bits per heavy atom. The Hall–Kier alpha value is -3.79. The molecule has 0 aliphatic carbocycles. The summed E-state index contributed by atoms with van der Waals surface area (Å²) in [6, 6.07) is 21.7. The van der Waals surface area contributed by atoms with Gasteiger partial charge in [-0.05, 0) is 105 Å². The van der Waals surface area contributed by atoms with Crippen LogP contribution < -0.4 is 20.1 Å². The first-order valence-electron chi connectivity index (χ1n) is 14.0. The molecule has 5 rings (SSSR count). The number of carbonyl (C=O) groups excluding carboxylic acids is 2. The lowest BCUT2D eigenvalue weighted by Gasteiger charge is -2.32. The molecule has 2 fully saturated rings. The zero-order chi connectivity index (χ0) is 28.6. The van der Waals surface area contributed by atoms with Crippen molar-refractivity contribution in [2.24, 2.45) is 0 Å². The number of rotatable bonds is 11. The Morgan fingerprint density at radius 2 is 1.56 bits per heavy atom. The third-order valence-corrected chi connectivity index (χ3v) is 8.02. The molecule has 0 spiro atoms. The molecular weight excluding hydrogens is 536 g/mol. The highest BCUT2D eigenvalue weighted by molar-refractivity contribution is 8.19. The van der Waals surface area contributed by atoms with Gasteiger partial charge < -0.3 is 25.0 Å². The van der Waals surface area contributed by atoms with Crippen molar-refractivity contribution in [3.63, 3.8) is 0 Å². The molecule has 0 unspecified atom stereocenters. The van der Waals surface area contributed by atoms with E-state index in [1.807, 2.05) is 36.4 Å². The van der Waals surface area contributed by atoms with E-state index in [1.54, 1.807) is 42.5 Å². The minimum atomic E-state index is -0.344. The Kier molecular flexibility index (Phi) is 9.61. The summed E-state index contributed by atoms with van der Waals surface area (Å²) < 4.78 is 11.8. The normalized spacial score (nSPS) is 17.4. The molecule has 3 aromatic carbocycles. The average Bonchev–Trinajstić information content (AvgIpc) is 3.26. The van der Waals surface area contributed by atoms with Crippen LogP contribution in [0, 0.1) is 0 Å². The lowest BCUT2D eigenvalue weighted by Crippen LogP contribution is -2.44. The summed E-state index contributed by atoms with van der Waals surface area (Å²) in [5.41, 5.74) is 7.70. The Balaban J connectivity index is 1.12. The zero-order valence-electron chi connectivity index (χ0n) is 23.3. The van der Waals surface area contributed by atoms with Gasteiger partial charge in [-0.15, -0.1) is 0 Å². The molecule has 2 amide bonds. The average molecular weight is 573 g/mol. The molecule has 0 atom stereocenters. The van der Waals surface area contributed by atoms with E-state index in [0.717, 1.165) is 69.3 Å². The molecular formula is C32H36N4O4S. The van der Waals surface area contributed by atoms with Crippen LogP contribution in [-0.2, 0) is 4.79 Å². The second-order valence-electron chi connectivity index (χ2n) is 10.3. The van der Waals surface area contributed by atoms with Crippen LogP contribution in [0.3, 0.4) is 0 Å². The molecule has 214 valence electrons. The molecule has 0 radical (unpaired) electrons. The van der Waals surface area contributed by atoms with Gasteiger partial charge in [0.05, 0.1) is 17.2 Å². The first kappa shape index (κ1) is 28.7. The number of nitrogens with two attached hydrogens (primary N) is 1. The van der Waals surface area contributed by atoms with E-state index in [-0.39, 0.29) is 11.1 Å². The number of hydrogen-bond acceptors (Lipinski definition) is 8. The van der Waals surface area contributed by atoms with Crippen molar-refractivity contribution in [2.45, 2.75) is 19.3 Å². The fourth-order valence-corrected chi connectivity index (χ4v) is 5.58. The maximum absolute atomic E-state index is 13.2. The van der Waals surface area contributed by atoms with Crippen LogP contribution >= 0.6 is 11.8 Å². The fraction of sp³-hybridized carbons (Fsp3) is 0.312. The number of benzene rings is 3. The van der Waals surface area contributed by atoms with Crippen LogP contribution in [0.4, 0.5) is 16.2 Å². The van der Waals surface area contributed by atoms with Crippen molar-refractivity contribution in [1.29, 1.82) is 0 Å². The monoisotopic (exact) mass is 572 g/mol. The van der Waals surface area contributed by atoms with Gasteiger partial charge in [-0.1, -0.05) is 18.2 Å². The molecule has 8 nitrogen and oxygen atoms in total. The SMILES string of the molecule is CN1CCN(CCCCCOc2cccc(N3C(=O)S/C(=C\c4ccc(Oc5ccc(N)cc5)cc4)C3=O)c2)CC1. The van der Waals surface area contributed by atoms with E-state index in [9.17, 15) is 9.59 Å². The summed E-state index contributed by atoms with van der Waals surface area (Å²) in [7, 11) is 2.18. The van der Waals surface area contributed by atoms with Crippen LogP contribution in [-0.4, -0.2) is 67.3 Å². The third-order valence-electron chi connectivity index (χ3n) is 7.15. The highest BCUT2D eigenvalue weighted by Crippen LogP contribution is 2.37. The lowest BCUT2D eigenvalue weighted by atomic mass is 10.2. The molecule has 0 saturated carbocycles. The van der Waals surface area contributed by atoms with Crippen molar-refractivity contribution in [3.05, 3.63) is 83.3 Å². The van der Waals surface area contributed by atoms with Crippen LogP contribution in [0.25, 0.3) is 6.08 Å². The summed E-state index contributed by atoms with van der Waals surface area (Å²) in [5, 5.41) is -0.328. The molecule has 0 aromatic heterocycles. The predicted molar refractivity (Wildman–Crippen MR) is 166 cm³/mol. The van der Waals surface area contributed by atoms with Crippen molar-refractivity contribution in [1.82, 2.24) is 9.80 Å². The van der Waals surface area contributed by atoms with Crippen molar-refractivity contribution < 1.29 is 19.1 Å². The second kappa shape index (κ2) is 13.7. The molecule has 2 aliphatic rings. The summed E-state index contributed by atoms with van der Waals surface area (Å²) in [6.07, 6.45) is 4.95. The molecule has 2 saturated heterocycles. The van der Waals surface area contributed by atoms with Crippen LogP contribution in [0.15, 0.2) is 77.7 Å². The number of nitrogen functional groups attached to an aromatic ring is 1. The Labute approximate surface area is 245 Å². The van der Waals surface area contributed by atoms with Gasteiger partial charge in [-0.25, -0.2) is 4.90 Å². The van der Waals surface area contributed by atoms with Crippen molar-refractivity contribution >= 4 is 40.4 Å². The fourth-order valence-electron chi connectivity index (χ4n) is 4.73. The van der Waals surface area contributed by atoms with Gasteiger partial charge in [0.15, 0.2) is 0 Å². The molecule has 41 heavy (non-hydrogen) atoms. The standard InChI is InChI=1S/C32H36N4O4S/c1-34-17-19-35(20-18-34)16-3-2-4-21-39-29-7-5-6-26(23-29)36-31(37)30(41-32(36)38)22-24-8-12-27(13-9-24)40-28-14-10-25(33)11-15-28/h5-15,22-23H,2-4,16-21,33H2,1H3/b30-22-. The van der Waals surface area contributed by atoms with Gasteiger partial charge >= 0.3 is 0 Å². The maximum atomic E-state index is 13.2. The Morgan fingerprint density at radius 3 is 2.29 bits per heavy atom. The highest BCUT2D eigenvalue weighted by Gasteiger charge is 2.36. The quantitative estimate of drug-likeness (QED) is 0.168. The second-order valence-corrected chi connectivity index (χ2v) is 11.3. The maximum Gasteiger partial charge on any atom is 0.298 e. The van der Waals surface area contributed by atoms with Crippen molar-refractivity contribution in [2.75, 3.05) is 57.0 Å². The van der Waals surface area contributed by atoms with Gasteiger partial charge in [-0.2, -0.15) is 0 Å². The number of likely N-dealkylation sites (N-methyl/N-ethyl adjacent to an activating group) is 1.